The first-order chi connectivity index (χ1) is 27.1. The molecule has 8 unspecified atom stereocenters. The van der Waals surface area contributed by atoms with E-state index in [9.17, 15) is 30.0 Å². The third-order valence-electron chi connectivity index (χ3n) is 8.93. The summed E-state index contributed by atoms with van der Waals surface area (Å²) >= 11 is 0. The van der Waals surface area contributed by atoms with Crippen LogP contribution >= 0.6 is 10.0 Å². The topological polar surface area (TPSA) is 189 Å². The number of aliphatic hydroxyl groups is 4. The van der Waals surface area contributed by atoms with Crippen molar-refractivity contribution in [1.82, 2.24) is 0 Å². The van der Waals surface area contributed by atoms with E-state index in [1.807, 2.05) is 48.5 Å². The molecule has 0 aromatic carbocycles. The molecule has 0 aromatic rings. The summed E-state index contributed by atoms with van der Waals surface area (Å²) in [6.07, 6.45) is -0.909. The van der Waals surface area contributed by atoms with Crippen LogP contribution in [-0.2, 0) is 47.5 Å². The predicted molar refractivity (Wildman–Crippen MR) is 233 cm³/mol. The van der Waals surface area contributed by atoms with Crippen molar-refractivity contribution in [1.29, 1.82) is 0 Å². The Kier molecular flexibility index (Phi) is 26.7. The van der Waals surface area contributed by atoms with Crippen LogP contribution in [0.5, 0.6) is 0 Å². The van der Waals surface area contributed by atoms with Crippen molar-refractivity contribution in [2.45, 2.75) is 200 Å². The average molecular weight is 867 g/mol. The minimum absolute atomic E-state index is 0.173. The molecule has 0 spiro atoms. The molecule has 0 bridgehead atoms. The lowest BCUT2D eigenvalue weighted by atomic mass is 9.85. The van der Waals surface area contributed by atoms with Gasteiger partial charge in [0.2, 0.25) is 0 Å². The molecule has 0 aliphatic carbocycles. The summed E-state index contributed by atoms with van der Waals surface area (Å²) in [6.45, 7) is 27.0. The number of carbonyl (C=O) groups excluding carboxylic acids is 2. The van der Waals surface area contributed by atoms with Crippen LogP contribution in [0.3, 0.4) is 0 Å². The van der Waals surface area contributed by atoms with Crippen molar-refractivity contribution in [3.05, 3.63) is 0 Å². The number of esters is 1. The number of aliphatic hydroxyl groups excluding tert-OH is 4. The first-order valence-corrected chi connectivity index (χ1v) is 23.4. The van der Waals surface area contributed by atoms with Crippen LogP contribution in [0.2, 0.25) is 0 Å². The first-order valence-electron chi connectivity index (χ1n) is 20.5. The summed E-state index contributed by atoms with van der Waals surface area (Å²) in [4.78, 5) is 25.1. The van der Waals surface area contributed by atoms with Gasteiger partial charge in [-0.2, -0.15) is 10.0 Å². The van der Waals surface area contributed by atoms with Gasteiger partial charge in [-0.3, -0.25) is 0 Å². The van der Waals surface area contributed by atoms with Gasteiger partial charge in [-0.25, -0.2) is 4.79 Å². The van der Waals surface area contributed by atoms with E-state index in [0.717, 1.165) is 0 Å². The highest BCUT2D eigenvalue weighted by Gasteiger charge is 2.56. The third-order valence-corrected chi connectivity index (χ3v) is 9.69. The van der Waals surface area contributed by atoms with Gasteiger partial charge < -0.3 is 63.1 Å². The SMILES string of the molecule is C#CCOC(=O)C1OC(C(C)(C)OCC(C)(C)O[C@@H]2C(C=O)OC(C(C)(C)OC(C)C)C(O)C2O)C(O)C(O)[C@@H]1OC(C)(C)CC.CC.CC.COCC#CS(C)(C)C. The van der Waals surface area contributed by atoms with Gasteiger partial charge in [0, 0.05) is 7.11 Å². The van der Waals surface area contributed by atoms with Gasteiger partial charge in [-0.15, -0.1) is 6.42 Å². The predicted octanol–water partition coefficient (Wildman–Crippen LogP) is 4.42. The molecule has 348 valence electrons. The molecule has 0 amide bonds. The second-order valence-corrected chi connectivity index (χ2v) is 21.0. The second-order valence-electron chi connectivity index (χ2n) is 17.2. The average Bonchev–Trinajstić information content (AvgIpc) is 3.14. The van der Waals surface area contributed by atoms with E-state index in [0.29, 0.717) is 19.3 Å². The van der Waals surface area contributed by atoms with Crippen LogP contribution in [-0.4, -0.2) is 168 Å². The van der Waals surface area contributed by atoms with Crippen molar-refractivity contribution in [2.75, 3.05) is 45.7 Å². The number of aldehydes is 1. The summed E-state index contributed by atoms with van der Waals surface area (Å²) in [5.74, 6) is 4.29. The quantitative estimate of drug-likeness (QED) is 0.0970. The lowest BCUT2D eigenvalue weighted by Gasteiger charge is -2.49. The van der Waals surface area contributed by atoms with Gasteiger partial charge >= 0.3 is 5.97 Å². The van der Waals surface area contributed by atoms with Gasteiger partial charge in [0.05, 0.1) is 35.1 Å². The van der Waals surface area contributed by atoms with Gasteiger partial charge in [-0.05, 0) is 94.4 Å². The van der Waals surface area contributed by atoms with Crippen LogP contribution in [0, 0.1) is 23.5 Å². The number of methoxy groups -OCH3 is 1. The summed E-state index contributed by atoms with van der Waals surface area (Å²) in [5.41, 5.74) is -4.33. The van der Waals surface area contributed by atoms with Crippen molar-refractivity contribution in [3.8, 4) is 23.5 Å². The van der Waals surface area contributed by atoms with Crippen LogP contribution in [0.4, 0.5) is 0 Å². The number of hydrogen-bond acceptors (Lipinski definition) is 14. The smallest absolute Gasteiger partial charge is 0.339 e. The summed E-state index contributed by atoms with van der Waals surface area (Å²) in [5, 5.41) is 47.5. The molecule has 14 nitrogen and oxygen atoms in total. The maximum Gasteiger partial charge on any atom is 0.339 e. The molecule has 2 aliphatic rings. The number of hydrogen-bond donors (Lipinski definition) is 4. The largest absolute Gasteiger partial charge is 0.451 e. The fourth-order valence-corrected chi connectivity index (χ4v) is 6.46. The van der Waals surface area contributed by atoms with E-state index in [1.165, 1.54) is 0 Å². The molecule has 2 aliphatic heterocycles. The van der Waals surface area contributed by atoms with Crippen LogP contribution in [0.1, 0.15) is 110 Å². The standard InChI is InChI=1S/C33H56O13.C7H14OS.2C2H6/c1-13-15-40-29(39)26-25(46-30(5,6)14-2)21(36)23(38)27(43-26)32(9,10)41-17-31(7,8)45-24-19(16-34)42-28(22(37)20(24)35)33(11,12)44-18(3)4;1-8-6-5-7-9(2,3)4;2*1-2/h1,16,18-28,35-38H,14-15,17H2,2-12H3;6H2,1-4H3;2*1-2H3/t19?,20?,21?,22?,23?,24-,25+,26?,27?,28?;;;/m1.../s1. The molecule has 2 fully saturated rings. The van der Waals surface area contributed by atoms with Crippen molar-refractivity contribution < 1.29 is 67.9 Å². The molecule has 59 heavy (non-hydrogen) atoms. The Bertz CT molecular complexity index is 1310. The Balaban J connectivity index is 0. The van der Waals surface area contributed by atoms with Gasteiger partial charge in [0.15, 0.2) is 19.0 Å². The number of rotatable bonds is 16. The molecule has 0 aromatic heterocycles. The minimum Gasteiger partial charge on any atom is -0.451 e. The Morgan fingerprint density at radius 3 is 1.73 bits per heavy atom. The molecule has 2 heterocycles. The Labute approximate surface area is 358 Å². The monoisotopic (exact) mass is 867 g/mol. The van der Waals surface area contributed by atoms with E-state index in [2.05, 4.69) is 35.9 Å². The molecule has 2 saturated heterocycles. The number of ether oxygens (including phenoxy) is 8. The molecule has 0 radical (unpaired) electrons. The van der Waals surface area contributed by atoms with Gasteiger partial charge in [-0.1, -0.05) is 51.7 Å². The summed E-state index contributed by atoms with van der Waals surface area (Å²) < 4.78 is 46.1. The zero-order chi connectivity index (χ0) is 46.7. The zero-order valence-corrected chi connectivity index (χ0v) is 40.4. The third kappa shape index (κ3) is 19.8. The van der Waals surface area contributed by atoms with Gasteiger partial charge in [0.1, 0.15) is 61.5 Å². The molecule has 4 N–H and O–H groups in total. The number of carbonyl (C=O) groups is 2. The molecular formula is C44H82O14S. The van der Waals surface area contributed by atoms with E-state index in [4.69, 9.17) is 44.3 Å². The van der Waals surface area contributed by atoms with Crippen molar-refractivity contribution in [2.24, 2.45) is 0 Å². The first kappa shape index (κ1) is 59.3. The van der Waals surface area contributed by atoms with Crippen LogP contribution in [0.25, 0.3) is 0 Å². The maximum absolute atomic E-state index is 13.0. The zero-order valence-electron chi connectivity index (χ0n) is 39.6. The lowest BCUT2D eigenvalue weighted by Crippen LogP contribution is -2.67. The Hall–Kier alpha value is -1.83. The number of terminal acetylenes is 1. The fourth-order valence-electron chi connectivity index (χ4n) is 5.96. The van der Waals surface area contributed by atoms with Gasteiger partial charge in [0.25, 0.3) is 0 Å². The molecule has 10 atom stereocenters. The van der Waals surface area contributed by atoms with Crippen molar-refractivity contribution in [3.63, 3.8) is 0 Å². The van der Waals surface area contributed by atoms with E-state index >= 15 is 0 Å². The normalized spacial score (nSPS) is 27.8. The minimum atomic E-state index is -1.55. The molecule has 15 heteroatoms. The van der Waals surface area contributed by atoms with E-state index in [1.54, 1.807) is 62.5 Å². The van der Waals surface area contributed by atoms with Crippen LogP contribution in [0.15, 0.2) is 0 Å². The molecular weight excluding hydrogens is 785 g/mol. The Morgan fingerprint density at radius 1 is 0.797 bits per heavy atom. The Morgan fingerprint density at radius 2 is 1.29 bits per heavy atom. The van der Waals surface area contributed by atoms with E-state index in [-0.39, 0.29) is 19.3 Å². The highest BCUT2D eigenvalue weighted by Crippen LogP contribution is 2.37. The van der Waals surface area contributed by atoms with Crippen LogP contribution < -0.4 is 0 Å². The summed E-state index contributed by atoms with van der Waals surface area (Å²) in [7, 11) is 1.02. The highest BCUT2D eigenvalue weighted by atomic mass is 32.3. The fraction of sp³-hybridized carbons (Fsp3) is 0.864. The second kappa shape index (κ2) is 26.6. The lowest BCUT2D eigenvalue weighted by molar-refractivity contribution is -0.301. The maximum atomic E-state index is 13.0. The van der Waals surface area contributed by atoms with E-state index < -0.39 is 99.4 Å². The summed E-state index contributed by atoms with van der Waals surface area (Å²) in [6, 6.07) is 0. The van der Waals surface area contributed by atoms with Crippen molar-refractivity contribution >= 4 is 22.3 Å². The molecule has 0 saturated carbocycles. The highest BCUT2D eigenvalue weighted by molar-refractivity contribution is 8.35. The molecule has 2 rings (SSSR count).